The Hall–Kier alpha value is -1.47. The first kappa shape index (κ1) is 16.6. The van der Waals surface area contributed by atoms with Crippen molar-refractivity contribution in [2.24, 2.45) is 0 Å². The van der Waals surface area contributed by atoms with Crippen molar-refractivity contribution in [2.45, 2.75) is 19.8 Å². The molecule has 0 unspecified atom stereocenters. The van der Waals surface area contributed by atoms with Crippen molar-refractivity contribution in [1.82, 2.24) is 15.2 Å². The molecule has 20 heavy (non-hydrogen) atoms. The van der Waals surface area contributed by atoms with Gasteiger partial charge in [0.2, 0.25) is 5.01 Å². The van der Waals surface area contributed by atoms with Gasteiger partial charge in [-0.3, -0.25) is 4.79 Å². The molecule has 1 heterocycles. The Kier molecular flexibility index (Phi) is 7.17. The van der Waals surface area contributed by atoms with Gasteiger partial charge in [-0.15, -0.1) is 11.3 Å². The summed E-state index contributed by atoms with van der Waals surface area (Å²) in [5, 5.41) is 4.57. The minimum absolute atomic E-state index is 0.213. The van der Waals surface area contributed by atoms with Crippen molar-refractivity contribution < 1.29 is 14.3 Å². The van der Waals surface area contributed by atoms with Crippen molar-refractivity contribution >= 4 is 23.2 Å². The lowest BCUT2D eigenvalue weighted by Crippen LogP contribution is -2.25. The molecule has 1 amide bonds. The number of esters is 1. The molecular formula is C13H21N3O3S. The third kappa shape index (κ3) is 5.66. The van der Waals surface area contributed by atoms with E-state index in [9.17, 15) is 9.59 Å². The van der Waals surface area contributed by atoms with Crippen LogP contribution in [0.4, 0.5) is 0 Å². The van der Waals surface area contributed by atoms with E-state index in [2.05, 4.69) is 15.2 Å². The topological polar surface area (TPSA) is 71.5 Å². The van der Waals surface area contributed by atoms with E-state index in [1.54, 1.807) is 12.3 Å². The molecule has 7 heteroatoms. The highest BCUT2D eigenvalue weighted by atomic mass is 32.1. The predicted octanol–water partition coefficient (Wildman–Crippen LogP) is 1.39. The summed E-state index contributed by atoms with van der Waals surface area (Å²) in [6.07, 6.45) is 1.94. The van der Waals surface area contributed by atoms with Crippen LogP contribution in [0.25, 0.3) is 0 Å². The summed E-state index contributed by atoms with van der Waals surface area (Å²) in [5.74, 6) is -0.732. The van der Waals surface area contributed by atoms with E-state index in [1.165, 1.54) is 0 Å². The normalized spacial score (nSPS) is 10.6. The second-order valence-electron chi connectivity index (χ2n) is 4.52. The van der Waals surface area contributed by atoms with E-state index in [0.717, 1.165) is 30.7 Å². The van der Waals surface area contributed by atoms with E-state index in [0.29, 0.717) is 13.2 Å². The summed E-state index contributed by atoms with van der Waals surface area (Å²) in [6.45, 7) is 3.64. The molecule has 0 aromatic carbocycles. The Morgan fingerprint density at radius 2 is 2.15 bits per heavy atom. The molecular weight excluding hydrogens is 278 g/mol. The van der Waals surface area contributed by atoms with Gasteiger partial charge in [0.05, 0.1) is 6.61 Å². The predicted molar refractivity (Wildman–Crippen MR) is 78.2 cm³/mol. The number of carbonyl (C=O) groups is 2. The largest absolute Gasteiger partial charge is 0.461 e. The first-order chi connectivity index (χ1) is 9.54. The van der Waals surface area contributed by atoms with Crippen LogP contribution in [0.15, 0.2) is 5.38 Å². The number of aromatic nitrogens is 1. The number of nitrogens with zero attached hydrogens (tertiary/aromatic N) is 2. The van der Waals surface area contributed by atoms with Crippen LogP contribution in [0, 0.1) is 0 Å². The van der Waals surface area contributed by atoms with Crippen molar-refractivity contribution in [3.63, 3.8) is 0 Å². The smallest absolute Gasteiger partial charge is 0.367 e. The average Bonchev–Trinajstić information content (AvgIpc) is 2.87. The maximum atomic E-state index is 11.8. The van der Waals surface area contributed by atoms with Crippen molar-refractivity contribution in [3.05, 3.63) is 16.1 Å². The highest BCUT2D eigenvalue weighted by Crippen LogP contribution is 2.11. The maximum Gasteiger partial charge on any atom is 0.367 e. The van der Waals surface area contributed by atoms with Gasteiger partial charge in [0.15, 0.2) is 0 Å². The Bertz CT molecular complexity index is 446. The number of carbonyl (C=O) groups excluding carboxylic acids is 2. The summed E-state index contributed by atoms with van der Waals surface area (Å²) in [6, 6.07) is 0. The number of unbranched alkanes of at least 4 members (excludes halogenated alkanes) is 1. The number of rotatable bonds is 8. The Labute approximate surface area is 123 Å². The molecule has 0 radical (unpaired) electrons. The monoisotopic (exact) mass is 299 g/mol. The zero-order chi connectivity index (χ0) is 15.0. The van der Waals surface area contributed by atoms with Crippen LogP contribution < -0.4 is 5.32 Å². The fraction of sp³-hybridized carbons (Fsp3) is 0.615. The van der Waals surface area contributed by atoms with Crippen LogP contribution in [0.3, 0.4) is 0 Å². The summed E-state index contributed by atoms with van der Waals surface area (Å²) < 4.78 is 4.83. The van der Waals surface area contributed by atoms with E-state index < -0.39 is 5.97 Å². The van der Waals surface area contributed by atoms with Gasteiger partial charge in [-0.05, 0) is 40.4 Å². The van der Waals surface area contributed by atoms with Crippen LogP contribution in [-0.2, 0) is 4.74 Å². The number of nitrogens with one attached hydrogen (secondary N) is 1. The number of thiazole rings is 1. The summed E-state index contributed by atoms with van der Waals surface area (Å²) in [4.78, 5) is 29.3. The van der Waals surface area contributed by atoms with Crippen LogP contribution in [0.2, 0.25) is 0 Å². The fourth-order valence-electron chi connectivity index (χ4n) is 1.51. The van der Waals surface area contributed by atoms with Gasteiger partial charge < -0.3 is 15.0 Å². The van der Waals surface area contributed by atoms with Crippen molar-refractivity contribution in [2.75, 3.05) is 33.8 Å². The molecule has 0 bridgehead atoms. The van der Waals surface area contributed by atoms with Crippen LogP contribution in [0.1, 0.15) is 40.1 Å². The van der Waals surface area contributed by atoms with Crippen LogP contribution >= 0.6 is 11.3 Å². The molecule has 6 nitrogen and oxygen atoms in total. The number of hydrogen-bond donors (Lipinski definition) is 1. The molecule has 1 rings (SSSR count). The first-order valence-corrected chi connectivity index (χ1v) is 7.48. The fourth-order valence-corrected chi connectivity index (χ4v) is 2.20. The molecule has 0 aliphatic rings. The van der Waals surface area contributed by atoms with Gasteiger partial charge >= 0.3 is 5.97 Å². The molecule has 0 aliphatic heterocycles. The zero-order valence-corrected chi connectivity index (χ0v) is 13.0. The van der Waals surface area contributed by atoms with E-state index in [1.807, 2.05) is 14.1 Å². The SMILES string of the molecule is CCOC(=O)c1nc(C(=O)NCCCCN(C)C)cs1. The second-order valence-corrected chi connectivity index (χ2v) is 5.38. The summed E-state index contributed by atoms with van der Waals surface area (Å²) >= 11 is 1.12. The quantitative estimate of drug-likeness (QED) is 0.580. The molecule has 0 fully saturated rings. The van der Waals surface area contributed by atoms with E-state index in [4.69, 9.17) is 4.74 Å². The lowest BCUT2D eigenvalue weighted by molar-refractivity contribution is 0.0526. The van der Waals surface area contributed by atoms with Gasteiger partial charge in [0.25, 0.3) is 5.91 Å². The first-order valence-electron chi connectivity index (χ1n) is 6.60. The summed E-state index contributed by atoms with van der Waals surface area (Å²) in [7, 11) is 4.04. The Balaban J connectivity index is 2.35. The second kappa shape index (κ2) is 8.65. The maximum absolute atomic E-state index is 11.8. The molecule has 0 aliphatic carbocycles. The lowest BCUT2D eigenvalue weighted by atomic mass is 10.3. The van der Waals surface area contributed by atoms with Crippen LogP contribution in [-0.4, -0.2) is 55.6 Å². The van der Waals surface area contributed by atoms with E-state index >= 15 is 0 Å². The van der Waals surface area contributed by atoms with Gasteiger partial charge in [0, 0.05) is 11.9 Å². The molecule has 1 aromatic heterocycles. The average molecular weight is 299 g/mol. The van der Waals surface area contributed by atoms with Crippen molar-refractivity contribution in [3.8, 4) is 0 Å². The Morgan fingerprint density at radius 3 is 2.80 bits per heavy atom. The highest BCUT2D eigenvalue weighted by molar-refractivity contribution is 7.11. The minimum atomic E-state index is -0.484. The Morgan fingerprint density at radius 1 is 1.40 bits per heavy atom. The molecule has 0 atom stereocenters. The number of amides is 1. The van der Waals surface area contributed by atoms with Gasteiger partial charge in [-0.2, -0.15) is 0 Å². The number of ether oxygens (including phenoxy) is 1. The number of hydrogen-bond acceptors (Lipinski definition) is 6. The van der Waals surface area contributed by atoms with Gasteiger partial charge in [0.1, 0.15) is 5.69 Å². The molecule has 1 aromatic rings. The standard InChI is InChI=1S/C13H21N3O3S/c1-4-19-13(18)12-15-10(9-20-12)11(17)14-7-5-6-8-16(2)3/h9H,4-8H2,1-3H3,(H,14,17). The third-order valence-electron chi connectivity index (χ3n) is 2.50. The molecule has 0 saturated carbocycles. The molecule has 0 saturated heterocycles. The van der Waals surface area contributed by atoms with Gasteiger partial charge in [-0.25, -0.2) is 9.78 Å². The summed E-state index contributed by atoms with van der Waals surface area (Å²) in [5.41, 5.74) is 0.269. The highest BCUT2D eigenvalue weighted by Gasteiger charge is 2.15. The van der Waals surface area contributed by atoms with Crippen LogP contribution in [0.5, 0.6) is 0 Å². The third-order valence-corrected chi connectivity index (χ3v) is 3.33. The molecule has 112 valence electrons. The van der Waals surface area contributed by atoms with E-state index in [-0.39, 0.29) is 16.6 Å². The molecule has 1 N–H and O–H groups in total. The lowest BCUT2D eigenvalue weighted by Gasteiger charge is -2.08. The minimum Gasteiger partial charge on any atom is -0.461 e. The van der Waals surface area contributed by atoms with Gasteiger partial charge in [-0.1, -0.05) is 0 Å². The molecule has 0 spiro atoms. The zero-order valence-electron chi connectivity index (χ0n) is 12.1. The van der Waals surface area contributed by atoms with Crippen molar-refractivity contribution in [1.29, 1.82) is 0 Å².